The highest BCUT2D eigenvalue weighted by Crippen LogP contribution is 2.28. The number of nitrogens with one attached hydrogen (secondary N) is 1. The molecule has 2 aromatic heterocycles. The molecule has 0 spiro atoms. The van der Waals surface area contributed by atoms with Crippen LogP contribution in [-0.4, -0.2) is 31.3 Å². The first-order chi connectivity index (χ1) is 12.6. The summed E-state index contributed by atoms with van der Waals surface area (Å²) >= 11 is 0. The molecule has 0 saturated heterocycles. The Bertz CT molecular complexity index is 985. The molecule has 1 aliphatic rings. The van der Waals surface area contributed by atoms with Crippen LogP contribution >= 0.6 is 0 Å². The van der Waals surface area contributed by atoms with E-state index in [2.05, 4.69) is 15.4 Å². The molecule has 134 valence electrons. The molecule has 3 aromatic rings. The molecule has 7 heteroatoms. The summed E-state index contributed by atoms with van der Waals surface area (Å²) in [4.78, 5) is 29.0. The van der Waals surface area contributed by atoms with Crippen LogP contribution in [0.3, 0.4) is 0 Å². The normalized spacial score (nSPS) is 20.2. The summed E-state index contributed by atoms with van der Waals surface area (Å²) in [7, 11) is 1.72. The maximum absolute atomic E-state index is 12.8. The number of hydrogen-bond acceptors (Lipinski definition) is 4. The standard InChI is InChI=1S/C19H21N5O2/c1-23-17-5-3-2-4-15(17)16(10-18(23)25)19(26)22-13-6-8-14(9-7-13)24-12-20-11-21-24/h2-5,10-14H,6-9H2,1H3,(H,22,26). The van der Waals surface area contributed by atoms with E-state index in [1.165, 1.54) is 6.07 Å². The van der Waals surface area contributed by atoms with E-state index >= 15 is 0 Å². The average Bonchev–Trinajstić information content (AvgIpc) is 3.20. The van der Waals surface area contributed by atoms with Gasteiger partial charge in [0.1, 0.15) is 12.7 Å². The number of aromatic nitrogens is 4. The van der Waals surface area contributed by atoms with Gasteiger partial charge in [-0.25, -0.2) is 9.67 Å². The smallest absolute Gasteiger partial charge is 0.252 e. The van der Waals surface area contributed by atoms with Crippen molar-refractivity contribution in [2.24, 2.45) is 7.05 Å². The molecule has 0 unspecified atom stereocenters. The Balaban J connectivity index is 1.50. The number of nitrogens with zero attached hydrogens (tertiary/aromatic N) is 4. The van der Waals surface area contributed by atoms with Gasteiger partial charge in [-0.2, -0.15) is 5.10 Å². The summed E-state index contributed by atoms with van der Waals surface area (Å²) in [6.07, 6.45) is 6.97. The number of para-hydroxylation sites is 1. The van der Waals surface area contributed by atoms with E-state index < -0.39 is 0 Å². The molecule has 1 saturated carbocycles. The van der Waals surface area contributed by atoms with Gasteiger partial charge in [0.25, 0.3) is 11.5 Å². The van der Waals surface area contributed by atoms with Crippen LogP contribution in [0.1, 0.15) is 42.1 Å². The van der Waals surface area contributed by atoms with E-state index in [0.717, 1.165) is 36.6 Å². The van der Waals surface area contributed by atoms with Gasteiger partial charge in [-0.15, -0.1) is 0 Å². The van der Waals surface area contributed by atoms with E-state index in [4.69, 9.17) is 0 Å². The van der Waals surface area contributed by atoms with Crippen molar-refractivity contribution < 1.29 is 4.79 Å². The van der Waals surface area contributed by atoms with E-state index in [1.807, 2.05) is 28.9 Å². The maximum Gasteiger partial charge on any atom is 0.252 e. The molecule has 1 aromatic carbocycles. The van der Waals surface area contributed by atoms with Crippen molar-refractivity contribution in [1.29, 1.82) is 0 Å². The zero-order valence-electron chi connectivity index (χ0n) is 14.6. The number of fused-ring (bicyclic) bond motifs is 1. The molecule has 0 aliphatic heterocycles. The summed E-state index contributed by atoms with van der Waals surface area (Å²) < 4.78 is 3.46. The van der Waals surface area contributed by atoms with Gasteiger partial charge in [0, 0.05) is 24.5 Å². The van der Waals surface area contributed by atoms with E-state index in [1.54, 1.807) is 24.3 Å². The van der Waals surface area contributed by atoms with Gasteiger partial charge in [-0.05, 0) is 31.7 Å². The van der Waals surface area contributed by atoms with E-state index in [0.29, 0.717) is 11.6 Å². The predicted octanol–water partition coefficient (Wildman–Crippen LogP) is 2.04. The summed E-state index contributed by atoms with van der Waals surface area (Å²) in [5.41, 5.74) is 1.03. The summed E-state index contributed by atoms with van der Waals surface area (Å²) in [5, 5.41) is 8.11. The number of pyridine rings is 1. The van der Waals surface area contributed by atoms with Gasteiger partial charge in [0.15, 0.2) is 0 Å². The van der Waals surface area contributed by atoms with Crippen molar-refractivity contribution in [1.82, 2.24) is 24.6 Å². The highest BCUT2D eigenvalue weighted by Gasteiger charge is 2.25. The predicted molar refractivity (Wildman–Crippen MR) is 98.0 cm³/mol. The first-order valence-corrected chi connectivity index (χ1v) is 8.87. The van der Waals surface area contributed by atoms with Crippen LogP contribution in [0.2, 0.25) is 0 Å². The van der Waals surface area contributed by atoms with Crippen molar-refractivity contribution in [3.05, 3.63) is 58.9 Å². The number of rotatable bonds is 3. The lowest BCUT2D eigenvalue weighted by Gasteiger charge is -2.29. The molecular formula is C19H21N5O2. The minimum Gasteiger partial charge on any atom is -0.349 e. The molecule has 1 aliphatic carbocycles. The second-order valence-corrected chi connectivity index (χ2v) is 6.83. The molecule has 0 atom stereocenters. The molecule has 0 radical (unpaired) electrons. The zero-order valence-corrected chi connectivity index (χ0v) is 14.6. The molecule has 7 nitrogen and oxygen atoms in total. The third-order valence-corrected chi connectivity index (χ3v) is 5.24. The number of benzene rings is 1. The summed E-state index contributed by atoms with van der Waals surface area (Å²) in [6, 6.07) is 9.38. The number of amides is 1. The Hall–Kier alpha value is -2.96. The van der Waals surface area contributed by atoms with Crippen molar-refractivity contribution in [2.45, 2.75) is 37.8 Å². The largest absolute Gasteiger partial charge is 0.349 e. The maximum atomic E-state index is 12.8. The van der Waals surface area contributed by atoms with Crippen molar-refractivity contribution in [3.63, 3.8) is 0 Å². The van der Waals surface area contributed by atoms with Gasteiger partial charge in [0.05, 0.1) is 17.1 Å². The highest BCUT2D eigenvalue weighted by molar-refractivity contribution is 6.06. The second kappa shape index (κ2) is 6.74. The minimum atomic E-state index is -0.178. The van der Waals surface area contributed by atoms with Gasteiger partial charge >= 0.3 is 0 Å². The third kappa shape index (κ3) is 3.00. The Morgan fingerprint density at radius 1 is 1.19 bits per heavy atom. The Morgan fingerprint density at radius 2 is 1.96 bits per heavy atom. The fourth-order valence-corrected chi connectivity index (χ4v) is 3.75. The lowest BCUT2D eigenvalue weighted by atomic mass is 9.91. The van der Waals surface area contributed by atoms with Crippen LogP contribution in [0.25, 0.3) is 10.9 Å². The molecule has 26 heavy (non-hydrogen) atoms. The lowest BCUT2D eigenvalue weighted by Crippen LogP contribution is -2.38. The monoisotopic (exact) mass is 351 g/mol. The van der Waals surface area contributed by atoms with Crippen LogP contribution in [-0.2, 0) is 7.05 Å². The number of aryl methyl sites for hydroxylation is 1. The van der Waals surface area contributed by atoms with Crippen LogP contribution in [0, 0.1) is 0 Å². The van der Waals surface area contributed by atoms with Gasteiger partial charge in [-0.1, -0.05) is 18.2 Å². The van der Waals surface area contributed by atoms with Gasteiger partial charge in [0.2, 0.25) is 0 Å². The van der Waals surface area contributed by atoms with Crippen LogP contribution in [0.5, 0.6) is 0 Å². The fraction of sp³-hybridized carbons (Fsp3) is 0.368. The van der Waals surface area contributed by atoms with Crippen LogP contribution < -0.4 is 10.9 Å². The summed E-state index contributed by atoms with van der Waals surface area (Å²) in [5.74, 6) is -0.178. The van der Waals surface area contributed by atoms with Crippen LogP contribution in [0.4, 0.5) is 0 Å². The van der Waals surface area contributed by atoms with E-state index in [9.17, 15) is 9.59 Å². The highest BCUT2D eigenvalue weighted by atomic mass is 16.2. The average molecular weight is 351 g/mol. The minimum absolute atomic E-state index is 0.116. The topological polar surface area (TPSA) is 81.8 Å². The zero-order chi connectivity index (χ0) is 18.1. The first-order valence-electron chi connectivity index (χ1n) is 8.87. The Morgan fingerprint density at radius 3 is 2.69 bits per heavy atom. The molecule has 1 amide bonds. The number of hydrogen-bond donors (Lipinski definition) is 1. The first kappa shape index (κ1) is 16.5. The number of carbonyl (C=O) groups excluding carboxylic acids is 1. The molecular weight excluding hydrogens is 330 g/mol. The second-order valence-electron chi connectivity index (χ2n) is 6.83. The van der Waals surface area contributed by atoms with Crippen LogP contribution in [0.15, 0.2) is 47.8 Å². The quantitative estimate of drug-likeness (QED) is 0.783. The van der Waals surface area contributed by atoms with Gasteiger partial charge in [-0.3, -0.25) is 9.59 Å². The number of carbonyl (C=O) groups is 1. The Kier molecular flexibility index (Phi) is 4.28. The van der Waals surface area contributed by atoms with Crippen molar-refractivity contribution >= 4 is 16.8 Å². The Labute approximate surface area is 150 Å². The molecule has 1 N–H and O–H groups in total. The van der Waals surface area contributed by atoms with Crippen molar-refractivity contribution in [2.75, 3.05) is 0 Å². The molecule has 1 fully saturated rings. The van der Waals surface area contributed by atoms with E-state index in [-0.39, 0.29) is 17.5 Å². The summed E-state index contributed by atoms with van der Waals surface area (Å²) in [6.45, 7) is 0. The SMILES string of the molecule is Cn1c(=O)cc(C(=O)NC2CCC(n3cncn3)CC2)c2ccccc21. The molecule has 2 heterocycles. The molecule has 4 rings (SSSR count). The molecule has 0 bridgehead atoms. The third-order valence-electron chi connectivity index (χ3n) is 5.24. The van der Waals surface area contributed by atoms with Crippen molar-refractivity contribution in [3.8, 4) is 0 Å². The van der Waals surface area contributed by atoms with Gasteiger partial charge < -0.3 is 9.88 Å². The fourth-order valence-electron chi connectivity index (χ4n) is 3.75. The lowest BCUT2D eigenvalue weighted by molar-refractivity contribution is 0.0923.